The van der Waals surface area contributed by atoms with Crippen molar-refractivity contribution < 1.29 is 8.83 Å². The Hall–Kier alpha value is -8.16. The number of para-hydroxylation sites is 4. The van der Waals surface area contributed by atoms with Crippen LogP contribution in [-0.4, -0.2) is 0 Å². The fourth-order valence-electron chi connectivity index (χ4n) is 10.1. The number of anilines is 6. The fourth-order valence-corrected chi connectivity index (χ4v) is 12.4. The highest BCUT2D eigenvalue weighted by Gasteiger charge is 2.25. The van der Waals surface area contributed by atoms with Gasteiger partial charge in [-0.3, -0.25) is 0 Å². The summed E-state index contributed by atoms with van der Waals surface area (Å²) in [5.74, 6) is 0. The lowest BCUT2D eigenvalue weighted by Gasteiger charge is -2.30. The van der Waals surface area contributed by atoms with Crippen molar-refractivity contribution in [1.29, 1.82) is 0 Å². The first kappa shape index (κ1) is 37.2. The van der Waals surface area contributed by atoms with E-state index in [9.17, 15) is 0 Å². The Morgan fingerprint density at radius 1 is 0.303 bits per heavy atom. The average Bonchev–Trinajstić information content (AvgIpc) is 4.14. The Labute approximate surface area is 387 Å². The highest BCUT2D eigenvalue weighted by molar-refractivity contribution is 7.26. The van der Waals surface area contributed by atoms with Crippen LogP contribution in [0.5, 0.6) is 0 Å². The number of nitrogens with zero attached hydrogens (tertiary/aromatic N) is 2. The summed E-state index contributed by atoms with van der Waals surface area (Å²) in [7, 11) is 0. The summed E-state index contributed by atoms with van der Waals surface area (Å²) in [5, 5.41) is 9.43. The average molecular weight is 881 g/mol. The van der Waals surface area contributed by atoms with E-state index in [0.29, 0.717) is 0 Å². The molecule has 4 aromatic heterocycles. The third-order valence-corrected chi connectivity index (χ3v) is 15.4. The second-order valence-corrected chi connectivity index (χ2v) is 19.0. The maximum absolute atomic E-state index is 6.55. The van der Waals surface area contributed by atoms with E-state index in [1.807, 2.05) is 46.9 Å². The monoisotopic (exact) mass is 880 g/mol. The molecule has 6 heteroatoms. The molecule has 0 saturated carbocycles. The van der Waals surface area contributed by atoms with Gasteiger partial charge in [-0.1, -0.05) is 109 Å². The van der Waals surface area contributed by atoms with Gasteiger partial charge in [0, 0.05) is 97.8 Å². The van der Waals surface area contributed by atoms with Crippen molar-refractivity contribution in [3.63, 3.8) is 0 Å². The summed E-state index contributed by atoms with van der Waals surface area (Å²) in [6.45, 7) is 0. The smallest absolute Gasteiger partial charge is 0.137 e. The zero-order valence-electron chi connectivity index (χ0n) is 35.3. The molecule has 0 N–H and O–H groups in total. The first-order chi connectivity index (χ1) is 32.7. The molecule has 0 aliphatic rings. The van der Waals surface area contributed by atoms with E-state index < -0.39 is 0 Å². The van der Waals surface area contributed by atoms with Crippen LogP contribution in [-0.2, 0) is 0 Å². The molecular weight excluding hydrogens is 845 g/mol. The fraction of sp³-hybridized carbons (Fsp3) is 0. The molecular formula is C60H36N2O2S2. The molecule has 4 nitrogen and oxygen atoms in total. The molecule has 0 bridgehead atoms. The Morgan fingerprint density at radius 2 is 0.864 bits per heavy atom. The van der Waals surface area contributed by atoms with Crippen LogP contribution in [0.15, 0.2) is 227 Å². The van der Waals surface area contributed by atoms with E-state index in [-0.39, 0.29) is 0 Å². The number of hydrogen-bond donors (Lipinski definition) is 0. The number of furan rings is 2. The Bertz CT molecular complexity index is 4200. The zero-order valence-corrected chi connectivity index (χ0v) is 36.9. The van der Waals surface area contributed by atoms with Crippen molar-refractivity contribution in [2.75, 3.05) is 9.80 Å². The molecule has 0 spiro atoms. The lowest BCUT2D eigenvalue weighted by atomic mass is 9.97. The quantitative estimate of drug-likeness (QED) is 0.160. The predicted octanol–water partition coefficient (Wildman–Crippen LogP) is 18.8. The number of hydrogen-bond acceptors (Lipinski definition) is 6. The summed E-state index contributed by atoms with van der Waals surface area (Å²) in [6.07, 6.45) is 0. The zero-order chi connectivity index (χ0) is 43.3. The van der Waals surface area contributed by atoms with Crippen LogP contribution < -0.4 is 9.80 Å². The number of thiophene rings is 2. The van der Waals surface area contributed by atoms with Gasteiger partial charge in [0.05, 0.1) is 10.4 Å². The van der Waals surface area contributed by atoms with Gasteiger partial charge in [-0.15, -0.1) is 22.7 Å². The van der Waals surface area contributed by atoms with Crippen LogP contribution in [0.25, 0.3) is 95.3 Å². The van der Waals surface area contributed by atoms with Gasteiger partial charge in [0.25, 0.3) is 0 Å². The Kier molecular flexibility index (Phi) is 8.29. The summed E-state index contributed by atoms with van der Waals surface area (Å²) in [5.41, 5.74) is 12.1. The molecule has 0 saturated heterocycles. The Morgan fingerprint density at radius 3 is 1.56 bits per heavy atom. The van der Waals surface area contributed by atoms with Gasteiger partial charge in [-0.05, 0) is 108 Å². The van der Waals surface area contributed by atoms with Crippen LogP contribution in [0.4, 0.5) is 34.1 Å². The van der Waals surface area contributed by atoms with Gasteiger partial charge in [0.15, 0.2) is 0 Å². The van der Waals surface area contributed by atoms with Gasteiger partial charge >= 0.3 is 0 Å². The van der Waals surface area contributed by atoms with Gasteiger partial charge in [-0.2, -0.15) is 0 Å². The number of fused-ring (bicyclic) bond motifs is 12. The van der Waals surface area contributed by atoms with Crippen LogP contribution >= 0.6 is 22.7 Å². The molecule has 0 aliphatic carbocycles. The van der Waals surface area contributed by atoms with Crippen LogP contribution in [0, 0.1) is 0 Å². The standard InChI is InChI=1S/C60H36N2O2S2/c1-3-14-38(15-4-1)61(40-27-29-46-44-18-7-10-22-52(44)63-54(46)35-40)42-33-50-49-32-37(43-21-13-25-58-59(43)48-20-9-12-24-56(48)65-58)26-31-57(49)66-60(50)51(34-42)62(39-16-5-2-6-17-39)41-28-30-47-45-19-8-11-23-53(45)64-55(47)36-41/h1-36H. The molecule has 0 unspecified atom stereocenters. The summed E-state index contributed by atoms with van der Waals surface area (Å²) < 4.78 is 18.1. The van der Waals surface area contributed by atoms with E-state index in [1.54, 1.807) is 0 Å². The van der Waals surface area contributed by atoms with Crippen LogP contribution in [0.1, 0.15) is 0 Å². The summed E-state index contributed by atoms with van der Waals surface area (Å²) in [6, 6.07) is 78.5. The normalized spacial score (nSPS) is 11.9. The molecule has 310 valence electrons. The highest BCUT2D eigenvalue weighted by Crippen LogP contribution is 2.51. The van der Waals surface area contributed by atoms with Crippen molar-refractivity contribution in [1.82, 2.24) is 0 Å². The van der Waals surface area contributed by atoms with Gasteiger partial charge < -0.3 is 18.6 Å². The highest BCUT2D eigenvalue weighted by atomic mass is 32.1. The third kappa shape index (κ3) is 5.82. The minimum atomic E-state index is 0.849. The third-order valence-electron chi connectivity index (χ3n) is 13.0. The maximum Gasteiger partial charge on any atom is 0.137 e. The van der Waals surface area contributed by atoms with Crippen molar-refractivity contribution in [3.05, 3.63) is 218 Å². The van der Waals surface area contributed by atoms with Crippen molar-refractivity contribution in [3.8, 4) is 11.1 Å². The van der Waals surface area contributed by atoms with Crippen molar-refractivity contribution in [2.24, 2.45) is 0 Å². The second-order valence-electron chi connectivity index (χ2n) is 16.8. The molecule has 10 aromatic carbocycles. The van der Waals surface area contributed by atoms with E-state index in [4.69, 9.17) is 8.83 Å². The predicted molar refractivity (Wildman–Crippen MR) is 282 cm³/mol. The van der Waals surface area contributed by atoms with Gasteiger partial charge in [-0.25, -0.2) is 0 Å². The van der Waals surface area contributed by atoms with E-state index in [2.05, 4.69) is 204 Å². The molecule has 0 radical (unpaired) electrons. The first-order valence-electron chi connectivity index (χ1n) is 22.1. The van der Waals surface area contributed by atoms with Crippen molar-refractivity contribution >= 4 is 141 Å². The minimum absolute atomic E-state index is 0.849. The van der Waals surface area contributed by atoms with E-state index in [1.165, 1.54) is 51.5 Å². The lowest BCUT2D eigenvalue weighted by molar-refractivity contribution is 0.668. The molecule has 0 amide bonds. The molecule has 0 atom stereocenters. The minimum Gasteiger partial charge on any atom is -0.456 e. The van der Waals surface area contributed by atoms with E-state index >= 15 is 0 Å². The number of rotatable bonds is 7. The van der Waals surface area contributed by atoms with Crippen LogP contribution in [0.3, 0.4) is 0 Å². The summed E-state index contributed by atoms with van der Waals surface area (Å²) >= 11 is 3.71. The first-order valence-corrected chi connectivity index (χ1v) is 23.8. The SMILES string of the molecule is c1ccc(N(c2ccc3c(c2)oc2ccccc23)c2cc(N(c3ccccc3)c3ccc4c(c3)oc3ccccc34)c3sc4ccc(-c5cccc6sc7ccccc7c56)cc4c3c2)cc1. The lowest BCUT2D eigenvalue weighted by Crippen LogP contribution is -2.13. The molecule has 0 aliphatic heterocycles. The summed E-state index contributed by atoms with van der Waals surface area (Å²) in [4.78, 5) is 4.77. The van der Waals surface area contributed by atoms with Crippen LogP contribution in [0.2, 0.25) is 0 Å². The van der Waals surface area contributed by atoms with Gasteiger partial charge in [0.2, 0.25) is 0 Å². The number of benzene rings is 10. The Balaban J connectivity index is 1.06. The topological polar surface area (TPSA) is 32.8 Å². The van der Waals surface area contributed by atoms with Gasteiger partial charge in [0.1, 0.15) is 22.3 Å². The molecule has 0 fully saturated rings. The molecule has 14 rings (SSSR count). The van der Waals surface area contributed by atoms with Crippen molar-refractivity contribution in [2.45, 2.75) is 0 Å². The maximum atomic E-state index is 6.55. The molecule has 14 aromatic rings. The van der Waals surface area contributed by atoms with E-state index in [0.717, 1.165) is 78.0 Å². The largest absolute Gasteiger partial charge is 0.456 e. The second kappa shape index (κ2) is 14.7. The molecule has 4 heterocycles. The molecule has 66 heavy (non-hydrogen) atoms.